The minimum atomic E-state index is -0.442. The molecule has 0 saturated heterocycles. The number of nitrogens with zero attached hydrogens (tertiary/aromatic N) is 2. The third-order valence-electron chi connectivity index (χ3n) is 3.60. The molecule has 1 aromatic heterocycles. The highest BCUT2D eigenvalue weighted by atomic mass is 35.5. The van der Waals surface area contributed by atoms with Crippen molar-refractivity contribution in [2.45, 2.75) is 13.5 Å². The number of nitrogens with one attached hydrogen (secondary N) is 1. The van der Waals surface area contributed by atoms with Gasteiger partial charge in [-0.25, -0.2) is 4.79 Å². The number of benzene rings is 1. The van der Waals surface area contributed by atoms with Gasteiger partial charge >= 0.3 is 12.0 Å². The van der Waals surface area contributed by atoms with E-state index in [-0.39, 0.29) is 18.5 Å². The number of amides is 2. The molecule has 0 fully saturated rings. The Kier molecular flexibility index (Phi) is 6.77. The number of hydrogen-bond donors (Lipinski definition) is 1. The maximum atomic E-state index is 12.7. The highest BCUT2D eigenvalue weighted by Gasteiger charge is 2.22. The third-order valence-corrected chi connectivity index (χ3v) is 3.86. The molecule has 0 aliphatic heterocycles. The number of pyridine rings is 1. The van der Waals surface area contributed by atoms with Crippen LogP contribution in [0.4, 0.5) is 10.5 Å². The zero-order valence-corrected chi connectivity index (χ0v) is 14.9. The predicted molar refractivity (Wildman–Crippen MR) is 96.3 cm³/mol. The second kappa shape index (κ2) is 9.03. The second-order valence-corrected chi connectivity index (χ2v) is 6.03. The van der Waals surface area contributed by atoms with Gasteiger partial charge in [0.15, 0.2) is 0 Å². The van der Waals surface area contributed by atoms with Gasteiger partial charge in [0, 0.05) is 36.2 Å². The Morgan fingerprint density at radius 3 is 2.44 bits per heavy atom. The largest absolute Gasteiger partial charge is 0.469 e. The predicted octanol–water partition coefficient (Wildman–Crippen LogP) is 3.58. The number of hydrogen-bond acceptors (Lipinski definition) is 4. The molecule has 1 heterocycles. The molecular weight excluding hydrogens is 342 g/mol. The second-order valence-electron chi connectivity index (χ2n) is 5.60. The van der Waals surface area contributed by atoms with Gasteiger partial charge in [-0.2, -0.15) is 0 Å². The van der Waals surface area contributed by atoms with Crippen molar-refractivity contribution in [3.8, 4) is 0 Å². The molecule has 0 radical (unpaired) electrons. The molecule has 132 valence electrons. The van der Waals surface area contributed by atoms with Gasteiger partial charge in [-0.15, -0.1) is 0 Å². The summed E-state index contributed by atoms with van der Waals surface area (Å²) in [5, 5.41) is 3.40. The number of methoxy groups -OCH3 is 1. The van der Waals surface area contributed by atoms with Crippen LogP contribution in [0, 0.1) is 5.92 Å². The van der Waals surface area contributed by atoms with Gasteiger partial charge in [-0.05, 0) is 42.0 Å². The van der Waals surface area contributed by atoms with Crippen molar-refractivity contribution in [1.82, 2.24) is 9.88 Å². The van der Waals surface area contributed by atoms with Crippen LogP contribution < -0.4 is 5.32 Å². The molecule has 1 aromatic carbocycles. The molecule has 25 heavy (non-hydrogen) atoms. The maximum Gasteiger partial charge on any atom is 0.322 e. The van der Waals surface area contributed by atoms with Crippen LogP contribution in [0.5, 0.6) is 0 Å². The Hall–Kier alpha value is -2.60. The van der Waals surface area contributed by atoms with Crippen molar-refractivity contribution in [1.29, 1.82) is 0 Å². The van der Waals surface area contributed by atoms with Crippen molar-refractivity contribution in [3.05, 3.63) is 59.4 Å². The first-order valence-electron chi connectivity index (χ1n) is 7.78. The van der Waals surface area contributed by atoms with Crippen LogP contribution in [0.1, 0.15) is 12.5 Å². The van der Waals surface area contributed by atoms with Gasteiger partial charge in [0.1, 0.15) is 0 Å². The average Bonchev–Trinajstić information content (AvgIpc) is 2.63. The zero-order valence-electron chi connectivity index (χ0n) is 14.1. The summed E-state index contributed by atoms with van der Waals surface area (Å²) in [4.78, 5) is 29.9. The first kappa shape index (κ1) is 18.7. The average molecular weight is 362 g/mol. The van der Waals surface area contributed by atoms with E-state index in [2.05, 4.69) is 10.3 Å². The number of ether oxygens (including phenoxy) is 1. The van der Waals surface area contributed by atoms with Crippen molar-refractivity contribution in [2.24, 2.45) is 5.92 Å². The Balaban J connectivity index is 2.12. The highest BCUT2D eigenvalue weighted by Crippen LogP contribution is 2.15. The minimum Gasteiger partial charge on any atom is -0.469 e. The first-order valence-corrected chi connectivity index (χ1v) is 8.15. The molecule has 2 aromatic rings. The lowest BCUT2D eigenvalue weighted by Gasteiger charge is -2.25. The lowest BCUT2D eigenvalue weighted by atomic mass is 10.1. The molecule has 2 amide bonds. The van der Waals surface area contributed by atoms with Gasteiger partial charge in [-0.1, -0.05) is 18.5 Å². The van der Waals surface area contributed by atoms with E-state index < -0.39 is 5.92 Å². The van der Waals surface area contributed by atoms with Crippen molar-refractivity contribution >= 4 is 29.3 Å². The van der Waals surface area contributed by atoms with Crippen LogP contribution in [-0.4, -0.2) is 35.5 Å². The molecule has 0 bridgehead atoms. The third kappa shape index (κ3) is 5.76. The monoisotopic (exact) mass is 361 g/mol. The van der Waals surface area contributed by atoms with Crippen molar-refractivity contribution in [2.75, 3.05) is 19.0 Å². The van der Waals surface area contributed by atoms with E-state index in [1.807, 2.05) is 12.1 Å². The van der Waals surface area contributed by atoms with E-state index in [1.54, 1.807) is 48.5 Å². The summed E-state index contributed by atoms with van der Waals surface area (Å²) in [6.45, 7) is 2.30. The van der Waals surface area contributed by atoms with Gasteiger partial charge in [0.25, 0.3) is 0 Å². The first-order chi connectivity index (χ1) is 12.0. The van der Waals surface area contributed by atoms with Gasteiger partial charge in [-0.3, -0.25) is 9.78 Å². The molecule has 0 aliphatic rings. The lowest BCUT2D eigenvalue weighted by Crippen LogP contribution is -2.39. The molecule has 0 saturated carbocycles. The van der Waals surface area contributed by atoms with Gasteiger partial charge in [0.2, 0.25) is 0 Å². The van der Waals surface area contributed by atoms with Crippen molar-refractivity contribution < 1.29 is 14.3 Å². The number of halogens is 1. The number of urea groups is 1. The molecule has 0 aliphatic carbocycles. The van der Waals surface area contributed by atoms with Crippen molar-refractivity contribution in [3.63, 3.8) is 0 Å². The lowest BCUT2D eigenvalue weighted by molar-refractivity contribution is -0.145. The van der Waals surface area contributed by atoms with Crippen LogP contribution >= 0.6 is 11.6 Å². The van der Waals surface area contributed by atoms with E-state index in [0.29, 0.717) is 17.3 Å². The summed E-state index contributed by atoms with van der Waals surface area (Å²) in [7, 11) is 1.33. The van der Waals surface area contributed by atoms with E-state index in [0.717, 1.165) is 5.56 Å². The van der Waals surface area contributed by atoms with Gasteiger partial charge in [0.05, 0.1) is 13.0 Å². The normalized spacial score (nSPS) is 11.5. The number of carbonyl (C=O) groups excluding carboxylic acids is 2. The number of aromatic nitrogens is 1. The van der Waals surface area contributed by atoms with E-state index >= 15 is 0 Å². The number of esters is 1. The molecule has 2 rings (SSSR count). The molecule has 1 unspecified atom stereocenters. The van der Waals surface area contributed by atoms with Crippen LogP contribution in [0.3, 0.4) is 0 Å². The SMILES string of the molecule is COC(=O)C(C)CN(Cc1ccncc1)C(=O)Nc1ccc(Cl)cc1. The van der Waals surface area contributed by atoms with Crippen LogP contribution in [0.25, 0.3) is 0 Å². The highest BCUT2D eigenvalue weighted by molar-refractivity contribution is 6.30. The van der Waals surface area contributed by atoms with Gasteiger partial charge < -0.3 is 15.0 Å². The minimum absolute atomic E-state index is 0.231. The van der Waals surface area contributed by atoms with E-state index in [1.165, 1.54) is 7.11 Å². The summed E-state index contributed by atoms with van der Waals surface area (Å²) in [5.41, 5.74) is 1.54. The standard InChI is InChI=1S/C18H20ClN3O3/c1-13(17(23)25-2)11-22(12-14-7-9-20-10-8-14)18(24)21-16-5-3-15(19)4-6-16/h3-10,13H,11-12H2,1-2H3,(H,21,24). The van der Waals surface area contributed by atoms with E-state index in [4.69, 9.17) is 16.3 Å². The molecular formula is C18H20ClN3O3. The fraction of sp³-hybridized carbons (Fsp3) is 0.278. The maximum absolute atomic E-state index is 12.7. The molecule has 1 N–H and O–H groups in total. The Morgan fingerprint density at radius 2 is 1.84 bits per heavy atom. The smallest absolute Gasteiger partial charge is 0.322 e. The van der Waals surface area contributed by atoms with Crippen LogP contribution in [0.15, 0.2) is 48.8 Å². The molecule has 7 heteroatoms. The summed E-state index contributed by atoms with van der Waals surface area (Å²) in [6.07, 6.45) is 3.32. The number of carbonyl (C=O) groups is 2. The Bertz CT molecular complexity index is 707. The zero-order chi connectivity index (χ0) is 18.2. The molecule has 6 nitrogen and oxygen atoms in total. The Labute approximate surface area is 151 Å². The topological polar surface area (TPSA) is 71.5 Å². The quantitative estimate of drug-likeness (QED) is 0.798. The number of anilines is 1. The van der Waals surface area contributed by atoms with Crippen LogP contribution in [-0.2, 0) is 16.1 Å². The Morgan fingerprint density at radius 1 is 1.20 bits per heavy atom. The molecule has 1 atom stereocenters. The van der Waals surface area contributed by atoms with Crippen LogP contribution in [0.2, 0.25) is 5.02 Å². The molecule has 0 spiro atoms. The summed E-state index contributed by atoms with van der Waals surface area (Å²) < 4.78 is 4.75. The summed E-state index contributed by atoms with van der Waals surface area (Å²) >= 11 is 5.86. The summed E-state index contributed by atoms with van der Waals surface area (Å²) in [5.74, 6) is -0.804. The fourth-order valence-electron chi connectivity index (χ4n) is 2.27. The van der Waals surface area contributed by atoms with E-state index in [9.17, 15) is 9.59 Å². The number of rotatable bonds is 6. The fourth-order valence-corrected chi connectivity index (χ4v) is 2.40. The summed E-state index contributed by atoms with van der Waals surface area (Å²) in [6, 6.07) is 10.2.